The van der Waals surface area contributed by atoms with E-state index in [1.807, 2.05) is 6.33 Å². The largest absolute Gasteiger partial charge is 0.329 e. The summed E-state index contributed by atoms with van der Waals surface area (Å²) in [6.07, 6.45) is 5.94. The summed E-state index contributed by atoms with van der Waals surface area (Å²) in [5.74, 6) is 0. The lowest BCUT2D eigenvalue weighted by atomic mass is 10.0. The lowest BCUT2D eigenvalue weighted by Gasteiger charge is -2.24. The molecule has 0 bridgehead atoms. The third-order valence-corrected chi connectivity index (χ3v) is 4.07. The molecule has 1 atom stereocenters. The van der Waals surface area contributed by atoms with Crippen LogP contribution in [0.1, 0.15) is 30.4 Å². The van der Waals surface area contributed by atoms with E-state index in [2.05, 4.69) is 40.8 Å². The van der Waals surface area contributed by atoms with E-state index in [0.29, 0.717) is 6.04 Å². The summed E-state index contributed by atoms with van der Waals surface area (Å²) < 4.78 is 2.30. The van der Waals surface area contributed by atoms with Gasteiger partial charge in [0.25, 0.3) is 0 Å². The number of fused-ring (bicyclic) bond motifs is 1. The summed E-state index contributed by atoms with van der Waals surface area (Å²) in [5, 5.41) is 3.60. The van der Waals surface area contributed by atoms with Crippen LogP contribution < -0.4 is 5.32 Å². The van der Waals surface area contributed by atoms with Crippen LogP contribution in [0.4, 0.5) is 0 Å². The zero-order chi connectivity index (χ0) is 12.5. The Labute approximate surface area is 108 Å². The fraction of sp³-hybridized carbons (Fsp3) is 0.533. The van der Waals surface area contributed by atoms with E-state index in [4.69, 9.17) is 0 Å². The number of aromatic nitrogens is 2. The number of piperidine rings is 1. The predicted octanol–water partition coefficient (Wildman–Crippen LogP) is 2.80. The molecule has 1 aliphatic rings. The topological polar surface area (TPSA) is 29.9 Å². The molecule has 96 valence electrons. The Kier molecular flexibility index (Phi) is 3.08. The van der Waals surface area contributed by atoms with Crippen molar-refractivity contribution in [3.05, 3.63) is 29.6 Å². The van der Waals surface area contributed by atoms with Gasteiger partial charge in [0.2, 0.25) is 0 Å². The van der Waals surface area contributed by atoms with Gasteiger partial charge in [0.1, 0.15) is 0 Å². The molecule has 1 saturated heterocycles. The molecular weight excluding hydrogens is 222 g/mol. The Balaban J connectivity index is 1.89. The van der Waals surface area contributed by atoms with Crippen molar-refractivity contribution in [2.75, 3.05) is 6.54 Å². The molecule has 1 aromatic carbocycles. The minimum atomic E-state index is 0.609. The van der Waals surface area contributed by atoms with E-state index in [0.717, 1.165) is 18.6 Å². The molecule has 2 aromatic rings. The lowest BCUT2D eigenvalue weighted by Crippen LogP contribution is -2.37. The zero-order valence-corrected chi connectivity index (χ0v) is 11.2. The van der Waals surface area contributed by atoms with Crippen LogP contribution in [0.5, 0.6) is 0 Å². The van der Waals surface area contributed by atoms with Crippen LogP contribution in [-0.4, -0.2) is 22.1 Å². The van der Waals surface area contributed by atoms with Gasteiger partial charge in [-0.1, -0.05) is 6.42 Å². The van der Waals surface area contributed by atoms with Crippen LogP contribution >= 0.6 is 0 Å². The van der Waals surface area contributed by atoms with Crippen molar-refractivity contribution in [2.24, 2.45) is 0 Å². The van der Waals surface area contributed by atoms with Gasteiger partial charge < -0.3 is 9.88 Å². The Bertz CT molecular complexity index is 550. The first kappa shape index (κ1) is 11.7. The van der Waals surface area contributed by atoms with Crippen molar-refractivity contribution in [1.82, 2.24) is 14.9 Å². The number of imidazole rings is 1. The van der Waals surface area contributed by atoms with Gasteiger partial charge in [-0.2, -0.15) is 0 Å². The summed E-state index contributed by atoms with van der Waals surface area (Å²) in [5.41, 5.74) is 5.06. The summed E-state index contributed by atoms with van der Waals surface area (Å²) in [4.78, 5) is 4.52. The van der Waals surface area contributed by atoms with Crippen LogP contribution in [0.15, 0.2) is 18.5 Å². The van der Waals surface area contributed by atoms with Crippen LogP contribution in [0, 0.1) is 13.8 Å². The summed E-state index contributed by atoms with van der Waals surface area (Å²) >= 11 is 0. The maximum absolute atomic E-state index is 4.52. The number of hydrogen-bond acceptors (Lipinski definition) is 2. The van der Waals surface area contributed by atoms with Gasteiger partial charge in [0.15, 0.2) is 0 Å². The fourth-order valence-electron chi connectivity index (χ4n) is 2.78. The monoisotopic (exact) mass is 243 g/mol. The van der Waals surface area contributed by atoms with Crippen LogP contribution in [-0.2, 0) is 6.54 Å². The summed E-state index contributed by atoms with van der Waals surface area (Å²) in [6.45, 7) is 6.52. The first-order valence-corrected chi connectivity index (χ1v) is 6.89. The van der Waals surface area contributed by atoms with E-state index in [-0.39, 0.29) is 0 Å². The van der Waals surface area contributed by atoms with Crippen LogP contribution in [0.2, 0.25) is 0 Å². The highest BCUT2D eigenvalue weighted by Gasteiger charge is 2.14. The number of benzene rings is 1. The van der Waals surface area contributed by atoms with E-state index >= 15 is 0 Å². The normalized spacial score (nSPS) is 20.4. The van der Waals surface area contributed by atoms with Crippen LogP contribution in [0.25, 0.3) is 11.0 Å². The van der Waals surface area contributed by atoms with Gasteiger partial charge in [-0.15, -0.1) is 0 Å². The molecule has 0 spiro atoms. The molecule has 18 heavy (non-hydrogen) atoms. The van der Waals surface area contributed by atoms with Gasteiger partial charge in [0, 0.05) is 12.6 Å². The van der Waals surface area contributed by atoms with Crippen molar-refractivity contribution in [3.63, 3.8) is 0 Å². The first-order valence-electron chi connectivity index (χ1n) is 6.89. The van der Waals surface area contributed by atoms with Gasteiger partial charge in [-0.3, -0.25) is 0 Å². The van der Waals surface area contributed by atoms with Crippen molar-refractivity contribution in [3.8, 4) is 0 Å². The molecule has 1 aliphatic heterocycles. The van der Waals surface area contributed by atoms with Crippen molar-refractivity contribution in [1.29, 1.82) is 0 Å². The third kappa shape index (κ3) is 2.15. The van der Waals surface area contributed by atoms with Gasteiger partial charge in [-0.05, 0) is 56.5 Å². The number of hydrogen-bond donors (Lipinski definition) is 1. The SMILES string of the molecule is Cc1cc2ncn(CC3CCCCN3)c2cc1C. The fourth-order valence-corrected chi connectivity index (χ4v) is 2.78. The molecule has 1 fully saturated rings. The second-order valence-corrected chi connectivity index (χ2v) is 5.47. The maximum Gasteiger partial charge on any atom is 0.0958 e. The highest BCUT2D eigenvalue weighted by molar-refractivity contribution is 5.77. The maximum atomic E-state index is 4.52. The van der Waals surface area contributed by atoms with Crippen molar-refractivity contribution >= 4 is 11.0 Å². The molecule has 3 nitrogen and oxygen atoms in total. The van der Waals surface area contributed by atoms with Gasteiger partial charge >= 0.3 is 0 Å². The van der Waals surface area contributed by atoms with Crippen molar-refractivity contribution in [2.45, 2.75) is 45.7 Å². The second kappa shape index (κ2) is 4.73. The predicted molar refractivity (Wildman–Crippen MR) is 74.8 cm³/mol. The highest BCUT2D eigenvalue weighted by Crippen LogP contribution is 2.19. The summed E-state index contributed by atoms with van der Waals surface area (Å²) in [7, 11) is 0. The first-order chi connectivity index (χ1) is 8.74. The standard InChI is InChI=1S/C15H21N3/c1-11-7-14-15(8-12(11)2)18(10-17-14)9-13-5-3-4-6-16-13/h7-8,10,13,16H,3-6,9H2,1-2H3. The minimum absolute atomic E-state index is 0.609. The average Bonchev–Trinajstić information content (AvgIpc) is 2.74. The van der Waals surface area contributed by atoms with Crippen molar-refractivity contribution < 1.29 is 0 Å². The van der Waals surface area contributed by atoms with E-state index in [1.165, 1.54) is 35.9 Å². The highest BCUT2D eigenvalue weighted by atomic mass is 15.1. The number of rotatable bonds is 2. The molecular formula is C15H21N3. The molecule has 0 radical (unpaired) electrons. The second-order valence-electron chi connectivity index (χ2n) is 5.47. The molecule has 3 rings (SSSR count). The minimum Gasteiger partial charge on any atom is -0.329 e. The molecule has 1 N–H and O–H groups in total. The lowest BCUT2D eigenvalue weighted by molar-refractivity contribution is 0.366. The third-order valence-electron chi connectivity index (χ3n) is 4.07. The number of aryl methyl sites for hydroxylation is 2. The van der Waals surface area contributed by atoms with Gasteiger partial charge in [0.05, 0.1) is 17.4 Å². The van der Waals surface area contributed by atoms with Gasteiger partial charge in [-0.25, -0.2) is 4.98 Å². The zero-order valence-electron chi connectivity index (χ0n) is 11.2. The Hall–Kier alpha value is -1.35. The molecule has 0 aliphatic carbocycles. The van der Waals surface area contributed by atoms with E-state index < -0.39 is 0 Å². The Morgan fingerprint density at radius 2 is 2.11 bits per heavy atom. The Morgan fingerprint density at radius 1 is 1.28 bits per heavy atom. The Morgan fingerprint density at radius 3 is 2.89 bits per heavy atom. The number of nitrogens with one attached hydrogen (secondary N) is 1. The molecule has 1 unspecified atom stereocenters. The number of nitrogens with zero attached hydrogens (tertiary/aromatic N) is 2. The van der Waals surface area contributed by atoms with E-state index in [9.17, 15) is 0 Å². The molecule has 1 aromatic heterocycles. The molecule has 0 amide bonds. The summed E-state index contributed by atoms with van der Waals surface area (Å²) in [6, 6.07) is 5.06. The van der Waals surface area contributed by atoms with E-state index in [1.54, 1.807) is 0 Å². The van der Waals surface area contributed by atoms with Crippen LogP contribution in [0.3, 0.4) is 0 Å². The average molecular weight is 243 g/mol. The molecule has 3 heteroatoms. The smallest absolute Gasteiger partial charge is 0.0958 e. The molecule has 0 saturated carbocycles. The quantitative estimate of drug-likeness (QED) is 0.879. The molecule has 2 heterocycles.